The number of hydrogen-bond acceptors (Lipinski definition) is 4. The number of hydrogen-bond donors (Lipinski definition) is 2. The first-order valence-corrected chi connectivity index (χ1v) is 7.03. The zero-order chi connectivity index (χ0) is 12.2. The number of sulfonamides is 1. The van der Waals surface area contributed by atoms with Crippen molar-refractivity contribution in [2.45, 2.75) is 38.4 Å². The summed E-state index contributed by atoms with van der Waals surface area (Å²) in [6, 6.07) is 0. The highest BCUT2D eigenvalue weighted by atomic mass is 32.2. The molecule has 0 aromatic heterocycles. The van der Waals surface area contributed by atoms with Gasteiger partial charge in [0.1, 0.15) is 6.10 Å². The van der Waals surface area contributed by atoms with Crippen molar-refractivity contribution in [1.29, 1.82) is 0 Å². The van der Waals surface area contributed by atoms with E-state index in [-0.39, 0.29) is 23.9 Å². The lowest BCUT2D eigenvalue weighted by Crippen LogP contribution is -2.35. The number of amides is 1. The average molecular weight is 250 g/mol. The third-order valence-electron chi connectivity index (χ3n) is 2.43. The van der Waals surface area contributed by atoms with Crippen LogP contribution in [0.3, 0.4) is 0 Å². The highest BCUT2D eigenvalue weighted by Crippen LogP contribution is 2.18. The molecule has 0 spiro atoms. The number of ether oxygens (including phenoxy) is 1. The van der Waals surface area contributed by atoms with Crippen molar-refractivity contribution in [3.05, 3.63) is 0 Å². The Morgan fingerprint density at radius 1 is 1.50 bits per heavy atom. The second-order valence-electron chi connectivity index (χ2n) is 4.02. The van der Waals surface area contributed by atoms with Crippen molar-refractivity contribution in [2.24, 2.45) is 5.14 Å². The number of nitrogens with two attached hydrogens (primary N) is 1. The van der Waals surface area contributed by atoms with Crippen LogP contribution in [0.15, 0.2) is 0 Å². The molecule has 0 aromatic rings. The number of rotatable bonds is 5. The van der Waals surface area contributed by atoms with Gasteiger partial charge in [0.15, 0.2) is 0 Å². The van der Waals surface area contributed by atoms with E-state index in [0.717, 1.165) is 12.8 Å². The Kier molecular flexibility index (Phi) is 4.69. The second-order valence-corrected chi connectivity index (χ2v) is 5.76. The maximum atomic E-state index is 11.5. The van der Waals surface area contributed by atoms with Crippen LogP contribution in [0.1, 0.15) is 26.2 Å². The van der Waals surface area contributed by atoms with Gasteiger partial charge in [-0.3, -0.25) is 4.79 Å². The number of carbonyl (C=O) groups is 1. The van der Waals surface area contributed by atoms with Gasteiger partial charge in [-0.25, -0.2) is 13.6 Å². The summed E-state index contributed by atoms with van der Waals surface area (Å²) in [5, 5.41) is 7.46. The monoisotopic (exact) mass is 250 g/mol. The van der Waals surface area contributed by atoms with E-state index in [4.69, 9.17) is 9.88 Å². The van der Waals surface area contributed by atoms with E-state index >= 15 is 0 Å². The largest absolute Gasteiger partial charge is 0.365 e. The summed E-state index contributed by atoms with van der Waals surface area (Å²) < 4.78 is 26.6. The van der Waals surface area contributed by atoms with Gasteiger partial charge in [0.2, 0.25) is 15.9 Å². The van der Waals surface area contributed by atoms with Gasteiger partial charge in [0, 0.05) is 6.54 Å². The lowest BCUT2D eigenvalue weighted by Gasteiger charge is -2.11. The summed E-state index contributed by atoms with van der Waals surface area (Å²) in [6.07, 6.45) is 1.68. The number of nitrogens with one attached hydrogen (secondary N) is 1. The van der Waals surface area contributed by atoms with Gasteiger partial charge in [-0.2, -0.15) is 0 Å². The molecule has 1 aliphatic rings. The first-order valence-electron chi connectivity index (χ1n) is 5.32. The summed E-state index contributed by atoms with van der Waals surface area (Å²) in [7, 11) is -3.43. The molecular weight excluding hydrogens is 232 g/mol. The quantitative estimate of drug-likeness (QED) is 0.633. The fourth-order valence-electron chi connectivity index (χ4n) is 1.59. The first-order chi connectivity index (χ1) is 7.38. The fraction of sp³-hybridized carbons (Fsp3) is 0.889. The van der Waals surface area contributed by atoms with Gasteiger partial charge in [-0.05, 0) is 26.2 Å². The Morgan fingerprint density at radius 3 is 2.69 bits per heavy atom. The van der Waals surface area contributed by atoms with E-state index in [9.17, 15) is 13.2 Å². The molecule has 2 unspecified atom stereocenters. The molecule has 1 amide bonds. The Bertz CT molecular complexity index is 341. The van der Waals surface area contributed by atoms with Gasteiger partial charge in [-0.15, -0.1) is 0 Å². The predicted molar refractivity (Wildman–Crippen MR) is 59.2 cm³/mol. The van der Waals surface area contributed by atoms with E-state index < -0.39 is 10.0 Å². The Hall–Kier alpha value is -0.660. The molecule has 1 fully saturated rings. The molecular formula is C9H18N2O4S. The van der Waals surface area contributed by atoms with E-state index in [1.165, 1.54) is 0 Å². The molecule has 16 heavy (non-hydrogen) atoms. The fourth-order valence-corrected chi connectivity index (χ4v) is 2.14. The minimum atomic E-state index is -3.43. The molecule has 0 radical (unpaired) electrons. The number of primary sulfonamides is 1. The van der Waals surface area contributed by atoms with Crippen LogP contribution in [0, 0.1) is 0 Å². The molecule has 1 rings (SSSR count). The third-order valence-corrected chi connectivity index (χ3v) is 3.29. The minimum absolute atomic E-state index is 0.116. The Morgan fingerprint density at radius 2 is 2.19 bits per heavy atom. The molecule has 1 saturated heterocycles. The van der Waals surface area contributed by atoms with Crippen molar-refractivity contribution < 1.29 is 17.9 Å². The standard InChI is InChI=1S/C9H18N2O4S/c1-7-3-4-8(15-7)9(12)11-5-2-6-16(10,13)14/h7-8H,2-6H2,1H3,(H,11,12)(H2,10,13,14). The highest BCUT2D eigenvalue weighted by Gasteiger charge is 2.27. The van der Waals surface area contributed by atoms with Crippen molar-refractivity contribution in [1.82, 2.24) is 5.32 Å². The molecule has 0 bridgehead atoms. The third kappa shape index (κ3) is 4.91. The van der Waals surface area contributed by atoms with Gasteiger partial charge >= 0.3 is 0 Å². The first kappa shape index (κ1) is 13.4. The summed E-state index contributed by atoms with van der Waals surface area (Å²) in [5.41, 5.74) is 0. The lowest BCUT2D eigenvalue weighted by molar-refractivity contribution is -0.131. The second kappa shape index (κ2) is 5.60. The lowest BCUT2D eigenvalue weighted by atomic mass is 10.2. The summed E-state index contributed by atoms with van der Waals surface area (Å²) in [4.78, 5) is 11.5. The molecule has 2 atom stereocenters. The van der Waals surface area contributed by atoms with Gasteiger partial charge in [0.25, 0.3) is 0 Å². The molecule has 1 heterocycles. The van der Waals surface area contributed by atoms with Gasteiger partial charge in [0.05, 0.1) is 11.9 Å². The average Bonchev–Trinajstić information content (AvgIpc) is 2.57. The Balaban J connectivity index is 2.16. The van der Waals surface area contributed by atoms with Crippen LogP contribution >= 0.6 is 0 Å². The van der Waals surface area contributed by atoms with Crippen molar-refractivity contribution >= 4 is 15.9 Å². The predicted octanol–water partition coefficient (Wildman–Crippen LogP) is -0.651. The van der Waals surface area contributed by atoms with Gasteiger partial charge < -0.3 is 10.1 Å². The smallest absolute Gasteiger partial charge is 0.249 e. The van der Waals surface area contributed by atoms with Crippen molar-refractivity contribution in [2.75, 3.05) is 12.3 Å². The maximum Gasteiger partial charge on any atom is 0.249 e. The van der Waals surface area contributed by atoms with Crippen LogP contribution in [0.25, 0.3) is 0 Å². The van der Waals surface area contributed by atoms with Crippen LogP contribution in [-0.4, -0.2) is 38.8 Å². The van der Waals surface area contributed by atoms with Crippen LogP contribution in [-0.2, 0) is 19.6 Å². The van der Waals surface area contributed by atoms with E-state index in [0.29, 0.717) is 13.0 Å². The SMILES string of the molecule is CC1CCC(C(=O)NCCCS(N)(=O)=O)O1. The normalized spacial score (nSPS) is 25.6. The zero-order valence-electron chi connectivity index (χ0n) is 9.31. The summed E-state index contributed by atoms with van der Waals surface area (Å²) in [5.74, 6) is -0.284. The topological polar surface area (TPSA) is 98.5 Å². The van der Waals surface area contributed by atoms with Crippen molar-refractivity contribution in [3.63, 3.8) is 0 Å². The minimum Gasteiger partial charge on any atom is -0.365 e. The summed E-state index contributed by atoms with van der Waals surface area (Å²) in [6.45, 7) is 2.23. The molecule has 3 N–H and O–H groups in total. The molecule has 0 aromatic carbocycles. The zero-order valence-corrected chi connectivity index (χ0v) is 10.1. The van der Waals surface area contributed by atoms with Crippen LogP contribution in [0.5, 0.6) is 0 Å². The van der Waals surface area contributed by atoms with E-state index in [1.54, 1.807) is 0 Å². The number of carbonyl (C=O) groups excluding carboxylic acids is 1. The molecule has 94 valence electrons. The molecule has 1 aliphatic heterocycles. The molecule has 6 nitrogen and oxygen atoms in total. The molecule has 0 saturated carbocycles. The van der Waals surface area contributed by atoms with Crippen molar-refractivity contribution in [3.8, 4) is 0 Å². The van der Waals surface area contributed by atoms with Crippen LogP contribution in [0.2, 0.25) is 0 Å². The molecule has 0 aliphatic carbocycles. The van der Waals surface area contributed by atoms with E-state index in [2.05, 4.69) is 5.32 Å². The Labute approximate surface area is 95.6 Å². The van der Waals surface area contributed by atoms with Crippen LogP contribution < -0.4 is 10.5 Å². The highest BCUT2D eigenvalue weighted by molar-refractivity contribution is 7.89. The van der Waals surface area contributed by atoms with E-state index in [1.807, 2.05) is 6.92 Å². The van der Waals surface area contributed by atoms with Gasteiger partial charge in [-0.1, -0.05) is 0 Å². The summed E-state index contributed by atoms with van der Waals surface area (Å²) >= 11 is 0. The molecule has 7 heteroatoms. The van der Waals surface area contributed by atoms with Crippen LogP contribution in [0.4, 0.5) is 0 Å². The maximum absolute atomic E-state index is 11.5.